The summed E-state index contributed by atoms with van der Waals surface area (Å²) >= 11 is 0. The summed E-state index contributed by atoms with van der Waals surface area (Å²) in [7, 11) is -3.81. The molecule has 0 bridgehead atoms. The Morgan fingerprint density at radius 2 is 1.72 bits per heavy atom. The van der Waals surface area contributed by atoms with E-state index in [0.717, 1.165) is 42.6 Å². The number of hydrogen-bond donors (Lipinski definition) is 3. The van der Waals surface area contributed by atoms with Crippen LogP contribution in [0.5, 0.6) is 0 Å². The number of aromatic nitrogens is 4. The van der Waals surface area contributed by atoms with Crippen LogP contribution < -0.4 is 14.9 Å². The first-order valence-electron chi connectivity index (χ1n) is 14.5. The molecule has 0 aliphatic heterocycles. The fourth-order valence-electron chi connectivity index (χ4n) is 5.57. The fraction of sp³-hybridized carbons (Fsp3) is 0.281. The third kappa shape index (κ3) is 6.04. The Balaban J connectivity index is 1.42. The van der Waals surface area contributed by atoms with E-state index in [1.807, 2.05) is 59.7 Å². The first kappa shape index (κ1) is 28.6. The number of rotatable bonds is 9. The molecule has 5 aromatic rings. The Morgan fingerprint density at radius 1 is 0.953 bits per heavy atom. The number of aryl methyl sites for hydroxylation is 2. The summed E-state index contributed by atoms with van der Waals surface area (Å²) in [4.78, 5) is 16.0. The Labute approximate surface area is 251 Å². The minimum Gasteiger partial charge on any atom is -0.393 e. The van der Waals surface area contributed by atoms with E-state index in [4.69, 9.17) is 0 Å². The molecule has 1 aliphatic carbocycles. The monoisotopic (exact) mass is 597 g/mol. The molecule has 3 N–H and O–H groups in total. The zero-order valence-electron chi connectivity index (χ0n) is 24.2. The number of benzene rings is 3. The lowest BCUT2D eigenvalue weighted by Gasteiger charge is -2.31. The van der Waals surface area contributed by atoms with Crippen LogP contribution in [0.15, 0.2) is 90.3 Å². The maximum Gasteiger partial charge on any atom is 0.261 e. The number of fused-ring (bicyclic) bond motifs is 1. The first-order valence-corrected chi connectivity index (χ1v) is 16.0. The summed E-state index contributed by atoms with van der Waals surface area (Å²) in [6.07, 6.45) is 6.30. The van der Waals surface area contributed by atoms with Crippen molar-refractivity contribution in [2.45, 2.75) is 63.1 Å². The van der Waals surface area contributed by atoms with Crippen LogP contribution in [0.25, 0.3) is 11.2 Å². The normalized spacial score (nSPS) is 17.1. The number of sulfonamides is 1. The van der Waals surface area contributed by atoms with Crippen molar-refractivity contribution in [3.05, 3.63) is 91.0 Å². The lowest BCUT2D eigenvalue weighted by atomic mass is 9.93. The number of anilines is 5. The van der Waals surface area contributed by atoms with Gasteiger partial charge in [-0.1, -0.05) is 24.3 Å². The first-order chi connectivity index (χ1) is 20.8. The molecule has 0 atom stereocenters. The van der Waals surface area contributed by atoms with Gasteiger partial charge < -0.3 is 15.0 Å². The summed E-state index contributed by atoms with van der Waals surface area (Å²) in [5, 5.41) is 13.7. The van der Waals surface area contributed by atoms with Crippen LogP contribution in [0.2, 0.25) is 0 Å². The number of nitrogens with one attached hydrogen (secondary N) is 2. The zero-order chi connectivity index (χ0) is 30.0. The zero-order valence-corrected chi connectivity index (χ0v) is 25.0. The van der Waals surface area contributed by atoms with Gasteiger partial charge in [-0.15, -0.1) is 0 Å². The highest BCUT2D eigenvalue weighted by Gasteiger charge is 2.25. The van der Waals surface area contributed by atoms with Gasteiger partial charge >= 0.3 is 0 Å². The minimum atomic E-state index is -3.81. The van der Waals surface area contributed by atoms with Crippen LogP contribution in [0, 0.1) is 6.92 Å². The number of imidazole rings is 1. The molecular formula is C32H35N7O3S. The molecule has 10 nitrogen and oxygen atoms in total. The lowest BCUT2D eigenvalue weighted by Crippen LogP contribution is -2.28. The highest BCUT2D eigenvalue weighted by molar-refractivity contribution is 7.92. The van der Waals surface area contributed by atoms with E-state index >= 15 is 0 Å². The van der Waals surface area contributed by atoms with Gasteiger partial charge in [0.1, 0.15) is 6.33 Å². The molecule has 0 saturated heterocycles. The van der Waals surface area contributed by atoms with Gasteiger partial charge in [0.2, 0.25) is 0 Å². The van der Waals surface area contributed by atoms with Gasteiger partial charge in [0, 0.05) is 24.0 Å². The van der Waals surface area contributed by atoms with Crippen molar-refractivity contribution >= 4 is 49.8 Å². The number of nitrogens with zero attached hydrogens (tertiary/aromatic N) is 5. The molecule has 0 unspecified atom stereocenters. The van der Waals surface area contributed by atoms with Gasteiger partial charge in [0.25, 0.3) is 10.0 Å². The second-order valence-electron chi connectivity index (χ2n) is 10.9. The number of hydrogen-bond acceptors (Lipinski definition) is 8. The van der Waals surface area contributed by atoms with E-state index in [9.17, 15) is 13.5 Å². The maximum absolute atomic E-state index is 13.3. The number of para-hydroxylation sites is 2. The summed E-state index contributed by atoms with van der Waals surface area (Å²) in [6, 6.07) is 22.2. The van der Waals surface area contributed by atoms with Crippen molar-refractivity contribution in [3.8, 4) is 0 Å². The predicted molar refractivity (Wildman–Crippen MR) is 170 cm³/mol. The molecule has 0 amide bonds. The second kappa shape index (κ2) is 12.0. The van der Waals surface area contributed by atoms with Gasteiger partial charge in [-0.3, -0.25) is 9.62 Å². The van der Waals surface area contributed by atoms with E-state index in [1.165, 1.54) is 6.33 Å². The topological polar surface area (TPSA) is 125 Å². The second-order valence-corrected chi connectivity index (χ2v) is 12.6. The van der Waals surface area contributed by atoms with Crippen molar-refractivity contribution in [3.63, 3.8) is 0 Å². The predicted octanol–water partition coefficient (Wildman–Crippen LogP) is 6.14. The molecule has 3 aromatic carbocycles. The quantitative estimate of drug-likeness (QED) is 0.185. The van der Waals surface area contributed by atoms with Crippen molar-refractivity contribution in [2.75, 3.05) is 14.9 Å². The van der Waals surface area contributed by atoms with E-state index in [1.54, 1.807) is 42.7 Å². The van der Waals surface area contributed by atoms with Crippen LogP contribution in [0.4, 0.5) is 28.6 Å². The van der Waals surface area contributed by atoms with E-state index in [2.05, 4.69) is 25.0 Å². The van der Waals surface area contributed by atoms with Crippen LogP contribution in [0.3, 0.4) is 0 Å². The van der Waals surface area contributed by atoms with Gasteiger partial charge in [0.15, 0.2) is 17.0 Å². The third-order valence-electron chi connectivity index (χ3n) is 7.81. The van der Waals surface area contributed by atoms with Gasteiger partial charge in [-0.25, -0.2) is 23.4 Å². The molecule has 6 rings (SSSR count). The largest absolute Gasteiger partial charge is 0.393 e. The molecule has 1 saturated carbocycles. The standard InChI is InChI=1S/C32H35N7O3S/c1-3-38-21-35-30-31(38)33-20-34-32(30)39(29-10-5-4-9-28(29)36-23-11-15-26(40)16-12-23)25-13-17-27(18-14-25)43(41,42)37-24-8-6-7-22(2)19-24/h4-10,13-14,17-21,23,26,36-37,40H,3,11-12,15-16H2,1-2H3. The molecule has 0 spiro atoms. The van der Waals surface area contributed by atoms with E-state index in [-0.39, 0.29) is 17.0 Å². The van der Waals surface area contributed by atoms with Crippen molar-refractivity contribution < 1.29 is 13.5 Å². The third-order valence-corrected chi connectivity index (χ3v) is 9.21. The fourth-order valence-corrected chi connectivity index (χ4v) is 6.62. The average molecular weight is 598 g/mol. The lowest BCUT2D eigenvalue weighted by molar-refractivity contribution is 0.126. The van der Waals surface area contributed by atoms with Crippen LogP contribution in [0.1, 0.15) is 38.2 Å². The molecule has 0 radical (unpaired) electrons. The summed E-state index contributed by atoms with van der Waals surface area (Å²) in [5.41, 5.74) is 5.29. The van der Waals surface area contributed by atoms with E-state index < -0.39 is 10.0 Å². The van der Waals surface area contributed by atoms with Crippen LogP contribution >= 0.6 is 0 Å². The molecule has 222 valence electrons. The van der Waals surface area contributed by atoms with Crippen LogP contribution in [-0.2, 0) is 16.6 Å². The molecule has 11 heteroatoms. The van der Waals surface area contributed by atoms with Crippen molar-refractivity contribution in [1.82, 2.24) is 19.5 Å². The molecule has 2 heterocycles. The summed E-state index contributed by atoms with van der Waals surface area (Å²) < 4.78 is 31.2. The number of aliphatic hydroxyl groups excluding tert-OH is 1. The maximum atomic E-state index is 13.3. The van der Waals surface area contributed by atoms with Gasteiger partial charge in [-0.05, 0) is 93.6 Å². The Kier molecular flexibility index (Phi) is 8.00. The summed E-state index contributed by atoms with van der Waals surface area (Å²) in [6.45, 7) is 4.66. The minimum absolute atomic E-state index is 0.146. The van der Waals surface area contributed by atoms with Gasteiger partial charge in [-0.2, -0.15) is 0 Å². The molecule has 2 aromatic heterocycles. The van der Waals surface area contributed by atoms with Gasteiger partial charge in [0.05, 0.1) is 28.7 Å². The number of aliphatic hydroxyl groups is 1. The smallest absolute Gasteiger partial charge is 0.261 e. The summed E-state index contributed by atoms with van der Waals surface area (Å²) in [5.74, 6) is 0.582. The SMILES string of the molecule is CCn1cnc2c(N(c3ccc(S(=O)(=O)Nc4cccc(C)c4)cc3)c3ccccc3NC3CCC(O)CC3)ncnc21. The molecule has 1 aliphatic rings. The molecule has 1 fully saturated rings. The van der Waals surface area contributed by atoms with Crippen molar-refractivity contribution in [1.29, 1.82) is 0 Å². The average Bonchev–Trinajstić information content (AvgIpc) is 3.43. The highest BCUT2D eigenvalue weighted by atomic mass is 32.2. The molecule has 43 heavy (non-hydrogen) atoms. The van der Waals surface area contributed by atoms with Crippen molar-refractivity contribution in [2.24, 2.45) is 0 Å². The Morgan fingerprint density at radius 3 is 2.47 bits per heavy atom. The Hall–Kier alpha value is -4.48. The van der Waals surface area contributed by atoms with Crippen LogP contribution in [-0.4, -0.2) is 45.2 Å². The highest BCUT2D eigenvalue weighted by Crippen LogP contribution is 2.41. The molecular weight excluding hydrogens is 562 g/mol. The van der Waals surface area contributed by atoms with E-state index in [0.29, 0.717) is 34.9 Å². The Bertz CT molecular complexity index is 1830.